The summed E-state index contributed by atoms with van der Waals surface area (Å²) in [7, 11) is 2.57. The van der Waals surface area contributed by atoms with Crippen LogP contribution in [0.2, 0.25) is 0 Å². The van der Waals surface area contributed by atoms with E-state index in [9.17, 15) is 9.59 Å². The first-order valence-corrected chi connectivity index (χ1v) is 9.43. The van der Waals surface area contributed by atoms with Crippen LogP contribution in [0.15, 0.2) is 48.5 Å². The topological polar surface area (TPSA) is 57.5 Å². The van der Waals surface area contributed by atoms with Gasteiger partial charge in [-0.2, -0.15) is 0 Å². The van der Waals surface area contributed by atoms with Gasteiger partial charge < -0.3 is 14.0 Å². The molecule has 1 heterocycles. The fourth-order valence-electron chi connectivity index (χ4n) is 3.49. The van der Waals surface area contributed by atoms with Crippen LogP contribution in [0.1, 0.15) is 31.8 Å². The van der Waals surface area contributed by atoms with Crippen LogP contribution in [0.5, 0.6) is 0 Å². The van der Waals surface area contributed by atoms with Gasteiger partial charge >= 0.3 is 11.9 Å². The third-order valence-electron chi connectivity index (χ3n) is 4.94. The molecule has 0 atom stereocenters. The molecule has 5 heteroatoms. The minimum atomic E-state index is -0.630. The summed E-state index contributed by atoms with van der Waals surface area (Å²) in [5.41, 5.74) is 4.96. The van der Waals surface area contributed by atoms with Crippen molar-refractivity contribution in [2.75, 3.05) is 14.2 Å². The van der Waals surface area contributed by atoms with Gasteiger partial charge in [-0.05, 0) is 25.0 Å². The van der Waals surface area contributed by atoms with Crippen LogP contribution in [0.3, 0.4) is 0 Å². The normalized spacial score (nSPS) is 10.4. The van der Waals surface area contributed by atoms with E-state index in [0.29, 0.717) is 11.4 Å². The number of rotatable bonds is 5. The van der Waals surface area contributed by atoms with E-state index in [1.54, 1.807) is 4.57 Å². The van der Waals surface area contributed by atoms with Gasteiger partial charge in [0.05, 0.1) is 32.2 Å². The van der Waals surface area contributed by atoms with Crippen molar-refractivity contribution in [1.82, 2.24) is 4.57 Å². The van der Waals surface area contributed by atoms with Crippen LogP contribution < -0.4 is 0 Å². The Morgan fingerprint density at radius 3 is 1.47 bits per heavy atom. The summed E-state index contributed by atoms with van der Waals surface area (Å²) >= 11 is 0. The van der Waals surface area contributed by atoms with Crippen LogP contribution in [-0.2, 0) is 16.0 Å². The Bertz CT molecular complexity index is 1050. The monoisotopic (exact) mass is 401 g/mol. The molecule has 0 saturated heterocycles. The summed E-state index contributed by atoms with van der Waals surface area (Å²) in [6.07, 6.45) is 5.68. The second-order valence-corrected chi connectivity index (χ2v) is 6.95. The van der Waals surface area contributed by atoms with Gasteiger partial charge in [0.15, 0.2) is 0 Å². The number of ether oxygens (including phenoxy) is 2. The van der Waals surface area contributed by atoms with Crippen molar-refractivity contribution in [2.24, 2.45) is 0 Å². The number of carbonyl (C=O) groups is 2. The molecular formula is C25H23NO4. The van der Waals surface area contributed by atoms with Crippen LogP contribution in [-0.4, -0.2) is 30.7 Å². The Kier molecular flexibility index (Phi) is 6.08. The maximum absolute atomic E-state index is 12.9. The summed E-state index contributed by atoms with van der Waals surface area (Å²) in [6, 6.07) is 15.3. The summed E-state index contributed by atoms with van der Waals surface area (Å²) in [5, 5.41) is 0. The molecule has 0 aliphatic carbocycles. The number of benzene rings is 2. The molecule has 0 aliphatic rings. The van der Waals surface area contributed by atoms with Crippen molar-refractivity contribution in [1.29, 1.82) is 0 Å². The van der Waals surface area contributed by atoms with Crippen LogP contribution >= 0.6 is 0 Å². The van der Waals surface area contributed by atoms with Crippen molar-refractivity contribution in [2.45, 2.75) is 20.4 Å². The highest BCUT2D eigenvalue weighted by Crippen LogP contribution is 2.38. The molecule has 0 amide bonds. The third-order valence-corrected chi connectivity index (χ3v) is 4.94. The molecule has 0 radical (unpaired) electrons. The molecule has 3 aromatic rings. The first-order chi connectivity index (χ1) is 14.4. The van der Waals surface area contributed by atoms with Gasteiger partial charge in [-0.15, -0.1) is 6.42 Å². The average molecular weight is 401 g/mol. The van der Waals surface area contributed by atoms with E-state index >= 15 is 0 Å². The summed E-state index contributed by atoms with van der Waals surface area (Å²) < 4.78 is 11.9. The van der Waals surface area contributed by atoms with E-state index in [1.807, 2.05) is 62.4 Å². The van der Waals surface area contributed by atoms with E-state index in [1.165, 1.54) is 14.2 Å². The lowest BCUT2D eigenvalue weighted by molar-refractivity contribution is 0.0558. The Morgan fingerprint density at radius 2 is 1.17 bits per heavy atom. The number of methoxy groups -OCH3 is 2. The lowest BCUT2D eigenvalue weighted by Crippen LogP contribution is -2.11. The Balaban J connectivity index is 2.50. The molecule has 0 unspecified atom stereocenters. The minimum Gasteiger partial charge on any atom is -0.465 e. The number of carbonyl (C=O) groups excluding carboxylic acids is 2. The average Bonchev–Trinajstić information content (AvgIpc) is 3.09. The van der Waals surface area contributed by atoms with Gasteiger partial charge in [-0.3, -0.25) is 0 Å². The van der Waals surface area contributed by atoms with Gasteiger partial charge in [0.1, 0.15) is 11.1 Å². The zero-order valence-corrected chi connectivity index (χ0v) is 17.5. The number of terminal acetylenes is 1. The van der Waals surface area contributed by atoms with Gasteiger partial charge in [0.2, 0.25) is 0 Å². The number of hydrogen-bond acceptors (Lipinski definition) is 4. The van der Waals surface area contributed by atoms with E-state index in [0.717, 1.165) is 22.3 Å². The highest BCUT2D eigenvalue weighted by atomic mass is 16.5. The first-order valence-electron chi connectivity index (χ1n) is 9.43. The fraction of sp³-hybridized carbons (Fsp3) is 0.200. The zero-order chi connectivity index (χ0) is 21.8. The Hall–Kier alpha value is -3.78. The molecule has 0 fully saturated rings. The molecule has 0 aliphatic heterocycles. The van der Waals surface area contributed by atoms with Gasteiger partial charge in [0.25, 0.3) is 0 Å². The summed E-state index contributed by atoms with van der Waals surface area (Å²) in [4.78, 5) is 25.8. The molecular weight excluding hydrogens is 378 g/mol. The smallest absolute Gasteiger partial charge is 0.340 e. The zero-order valence-electron chi connectivity index (χ0n) is 17.5. The molecule has 30 heavy (non-hydrogen) atoms. The van der Waals surface area contributed by atoms with Crippen molar-refractivity contribution >= 4 is 11.9 Å². The fourth-order valence-corrected chi connectivity index (χ4v) is 3.49. The SMILES string of the molecule is C#CCn1c(-c2ccc(C)cc2)c(C(=O)OC)c(C(=O)OC)c1-c1ccc(C)cc1. The number of aromatic nitrogens is 1. The maximum Gasteiger partial charge on any atom is 0.340 e. The predicted molar refractivity (Wildman–Crippen MR) is 116 cm³/mol. The molecule has 3 rings (SSSR count). The molecule has 5 nitrogen and oxygen atoms in total. The number of nitrogens with zero attached hydrogens (tertiary/aromatic N) is 1. The third kappa shape index (κ3) is 3.72. The van der Waals surface area contributed by atoms with E-state index in [-0.39, 0.29) is 17.7 Å². The summed E-state index contributed by atoms with van der Waals surface area (Å²) in [5.74, 6) is 1.38. The lowest BCUT2D eigenvalue weighted by Gasteiger charge is -2.13. The van der Waals surface area contributed by atoms with Gasteiger partial charge in [0, 0.05) is 0 Å². The van der Waals surface area contributed by atoms with Crippen LogP contribution in [0.4, 0.5) is 0 Å². The van der Waals surface area contributed by atoms with E-state index in [4.69, 9.17) is 15.9 Å². The molecule has 0 N–H and O–H groups in total. The van der Waals surface area contributed by atoms with Crippen LogP contribution in [0.25, 0.3) is 22.5 Å². The predicted octanol–water partition coefficient (Wildman–Crippen LogP) is 4.65. The standard InChI is InChI=1S/C25H23NO4/c1-6-15-26-22(18-11-7-16(2)8-12-18)20(24(27)29-4)21(25(28)30-5)23(26)19-13-9-17(3)10-14-19/h1,7-14H,15H2,2-5H3. The Labute approximate surface area is 176 Å². The number of esters is 2. The van der Waals surface area contributed by atoms with Crippen molar-refractivity contribution in [3.05, 3.63) is 70.8 Å². The second-order valence-electron chi connectivity index (χ2n) is 6.95. The molecule has 2 aromatic carbocycles. The van der Waals surface area contributed by atoms with Gasteiger partial charge in [-0.25, -0.2) is 9.59 Å². The van der Waals surface area contributed by atoms with Crippen LogP contribution in [0, 0.1) is 26.2 Å². The number of hydrogen-bond donors (Lipinski definition) is 0. The summed E-state index contributed by atoms with van der Waals surface area (Å²) in [6.45, 7) is 4.11. The number of aryl methyl sites for hydroxylation is 2. The maximum atomic E-state index is 12.9. The van der Waals surface area contributed by atoms with Gasteiger partial charge in [-0.1, -0.05) is 65.6 Å². The van der Waals surface area contributed by atoms with E-state index < -0.39 is 11.9 Å². The van der Waals surface area contributed by atoms with Crippen molar-refractivity contribution < 1.29 is 19.1 Å². The highest BCUT2D eigenvalue weighted by molar-refractivity contribution is 6.12. The lowest BCUT2D eigenvalue weighted by atomic mass is 10.0. The molecule has 0 saturated carbocycles. The first kappa shape index (κ1) is 20.9. The molecule has 0 spiro atoms. The minimum absolute atomic E-state index is 0.138. The highest BCUT2D eigenvalue weighted by Gasteiger charge is 2.33. The van der Waals surface area contributed by atoms with Crippen molar-refractivity contribution in [3.63, 3.8) is 0 Å². The molecule has 1 aromatic heterocycles. The molecule has 0 bridgehead atoms. The van der Waals surface area contributed by atoms with Crippen molar-refractivity contribution in [3.8, 4) is 34.9 Å². The second kappa shape index (κ2) is 8.71. The Morgan fingerprint density at radius 1 is 0.800 bits per heavy atom. The molecule has 152 valence electrons. The largest absolute Gasteiger partial charge is 0.465 e. The quantitative estimate of drug-likeness (QED) is 0.461. The van der Waals surface area contributed by atoms with E-state index in [2.05, 4.69) is 5.92 Å².